The molecule has 1 spiro atoms. The third kappa shape index (κ3) is 3.17. The lowest BCUT2D eigenvalue weighted by Gasteiger charge is -2.36. The van der Waals surface area contributed by atoms with Crippen LogP contribution >= 0.6 is 0 Å². The summed E-state index contributed by atoms with van der Waals surface area (Å²) in [5.74, 6) is -2.14. The van der Waals surface area contributed by atoms with E-state index >= 15 is 0 Å². The van der Waals surface area contributed by atoms with Gasteiger partial charge < -0.3 is 10.1 Å². The van der Waals surface area contributed by atoms with Gasteiger partial charge in [0.25, 0.3) is 11.8 Å². The van der Waals surface area contributed by atoms with Gasteiger partial charge in [-0.3, -0.25) is 29.0 Å². The van der Waals surface area contributed by atoms with E-state index in [-0.39, 0.29) is 11.8 Å². The highest BCUT2D eigenvalue weighted by molar-refractivity contribution is 6.09. The number of carbonyl (C=O) groups is 5. The normalized spacial score (nSPS) is 28.7. The Hall–Kier alpha value is -2.45. The molecule has 9 nitrogen and oxygen atoms in total. The third-order valence-corrected chi connectivity index (χ3v) is 5.52. The maximum Gasteiger partial charge on any atom is 0.326 e. The number of ether oxygens (including phenoxy) is 1. The Labute approximate surface area is 151 Å². The molecule has 2 atom stereocenters. The van der Waals surface area contributed by atoms with Crippen LogP contribution in [0, 0.1) is 5.92 Å². The first kappa shape index (κ1) is 18.3. The summed E-state index contributed by atoms with van der Waals surface area (Å²) in [5.41, 5.74) is -0.937. The van der Waals surface area contributed by atoms with E-state index in [9.17, 15) is 24.0 Å². The van der Waals surface area contributed by atoms with Gasteiger partial charge in [0.05, 0.1) is 0 Å². The largest absolute Gasteiger partial charge is 0.454 e. The van der Waals surface area contributed by atoms with Gasteiger partial charge in [-0.05, 0) is 25.2 Å². The van der Waals surface area contributed by atoms with Gasteiger partial charge in [-0.25, -0.2) is 4.79 Å². The fourth-order valence-electron chi connectivity index (χ4n) is 3.95. The first-order chi connectivity index (χ1) is 12.3. The van der Waals surface area contributed by atoms with Crippen LogP contribution in [0.15, 0.2) is 0 Å². The number of nitrogens with one attached hydrogen (secondary N) is 1. The summed E-state index contributed by atoms with van der Waals surface area (Å²) >= 11 is 0. The van der Waals surface area contributed by atoms with E-state index < -0.39 is 42.5 Å². The van der Waals surface area contributed by atoms with Gasteiger partial charge in [-0.15, -0.1) is 0 Å². The Kier molecular flexibility index (Phi) is 4.97. The molecule has 2 aliphatic heterocycles. The zero-order valence-corrected chi connectivity index (χ0v) is 14.8. The van der Waals surface area contributed by atoms with E-state index in [4.69, 9.17) is 4.74 Å². The van der Waals surface area contributed by atoms with E-state index in [0.717, 1.165) is 29.1 Å². The van der Waals surface area contributed by atoms with Gasteiger partial charge in [-0.2, -0.15) is 0 Å². The van der Waals surface area contributed by atoms with Crippen molar-refractivity contribution in [3.05, 3.63) is 0 Å². The second kappa shape index (κ2) is 7.05. The summed E-state index contributed by atoms with van der Waals surface area (Å²) in [6.07, 6.45) is 4.14. The minimum atomic E-state index is -0.937. The molecule has 3 aliphatic rings. The van der Waals surface area contributed by atoms with Crippen LogP contribution in [0.2, 0.25) is 0 Å². The fourth-order valence-corrected chi connectivity index (χ4v) is 3.95. The van der Waals surface area contributed by atoms with Crippen molar-refractivity contribution in [2.75, 3.05) is 19.7 Å². The maximum absolute atomic E-state index is 12.7. The topological polar surface area (TPSA) is 113 Å². The molecule has 3 rings (SSSR count). The Balaban J connectivity index is 1.55. The van der Waals surface area contributed by atoms with Gasteiger partial charge in [0.2, 0.25) is 5.91 Å². The SMILES string of the molecule is C[C@H]1CCCC[C@]12NC(=O)N(CC(=O)OCC(=O)N1CCCC1=O)C2=O. The molecule has 1 aliphatic carbocycles. The van der Waals surface area contributed by atoms with Crippen molar-refractivity contribution in [1.29, 1.82) is 0 Å². The molecule has 2 heterocycles. The van der Waals surface area contributed by atoms with Crippen LogP contribution in [0.4, 0.5) is 4.79 Å². The van der Waals surface area contributed by atoms with Crippen LogP contribution < -0.4 is 5.32 Å². The number of hydrogen-bond acceptors (Lipinski definition) is 6. The minimum absolute atomic E-state index is 0.00326. The van der Waals surface area contributed by atoms with Crippen LogP contribution in [0.1, 0.15) is 45.4 Å². The fraction of sp³-hybridized carbons (Fsp3) is 0.706. The number of esters is 1. The first-order valence-electron chi connectivity index (χ1n) is 8.98. The molecular formula is C17H23N3O6. The quantitative estimate of drug-likeness (QED) is 0.562. The standard InChI is InChI=1S/C17H23N3O6/c1-11-5-2-3-7-17(11)15(24)20(16(25)18-17)9-14(23)26-10-13(22)19-8-4-6-12(19)21/h11H,2-10H2,1H3,(H,18,25)/t11-,17-/m0/s1. The van der Waals surface area contributed by atoms with Crippen LogP contribution in [-0.2, 0) is 23.9 Å². The van der Waals surface area contributed by atoms with E-state index in [1.165, 1.54) is 0 Å². The van der Waals surface area contributed by atoms with Gasteiger partial charge in [0, 0.05) is 13.0 Å². The molecule has 9 heteroatoms. The number of urea groups is 1. The third-order valence-electron chi connectivity index (χ3n) is 5.52. The lowest BCUT2D eigenvalue weighted by Crippen LogP contribution is -2.54. The number of nitrogens with zero attached hydrogens (tertiary/aromatic N) is 2. The second-order valence-electron chi connectivity index (χ2n) is 7.14. The predicted octanol–water partition coefficient (Wildman–Crippen LogP) is 0.179. The zero-order chi connectivity index (χ0) is 18.9. The molecule has 0 aromatic carbocycles. The van der Waals surface area contributed by atoms with Crippen molar-refractivity contribution in [2.45, 2.75) is 51.0 Å². The Bertz CT molecular complexity index is 663. The molecule has 26 heavy (non-hydrogen) atoms. The number of hydrogen-bond donors (Lipinski definition) is 1. The van der Waals surface area contributed by atoms with Gasteiger partial charge in [-0.1, -0.05) is 19.8 Å². The summed E-state index contributed by atoms with van der Waals surface area (Å²) in [6.45, 7) is 1.13. The van der Waals surface area contributed by atoms with Crippen molar-refractivity contribution in [3.8, 4) is 0 Å². The summed E-state index contributed by atoms with van der Waals surface area (Å²) in [6, 6.07) is -0.609. The van der Waals surface area contributed by atoms with E-state index in [2.05, 4.69) is 5.32 Å². The smallest absolute Gasteiger partial charge is 0.326 e. The monoisotopic (exact) mass is 365 g/mol. The molecule has 0 radical (unpaired) electrons. The molecule has 0 bridgehead atoms. The Morgan fingerprint density at radius 1 is 1.23 bits per heavy atom. The van der Waals surface area contributed by atoms with Crippen molar-refractivity contribution < 1.29 is 28.7 Å². The van der Waals surface area contributed by atoms with Crippen molar-refractivity contribution in [2.24, 2.45) is 5.92 Å². The highest BCUT2D eigenvalue weighted by atomic mass is 16.5. The second-order valence-corrected chi connectivity index (χ2v) is 7.14. The predicted molar refractivity (Wildman–Crippen MR) is 87.5 cm³/mol. The maximum atomic E-state index is 12.7. The molecule has 142 valence electrons. The average Bonchev–Trinajstić information content (AvgIpc) is 3.13. The molecule has 0 aromatic rings. The molecule has 2 saturated heterocycles. The first-order valence-corrected chi connectivity index (χ1v) is 8.98. The Morgan fingerprint density at radius 2 is 2.00 bits per heavy atom. The minimum Gasteiger partial charge on any atom is -0.454 e. The average molecular weight is 365 g/mol. The van der Waals surface area contributed by atoms with Crippen molar-refractivity contribution in [3.63, 3.8) is 0 Å². The summed E-state index contributed by atoms with van der Waals surface area (Å²) in [7, 11) is 0. The van der Waals surface area contributed by atoms with Crippen molar-refractivity contribution in [1.82, 2.24) is 15.1 Å². The van der Waals surface area contributed by atoms with Crippen LogP contribution in [-0.4, -0.2) is 64.8 Å². The van der Waals surface area contributed by atoms with E-state index in [1.807, 2.05) is 6.92 Å². The lowest BCUT2D eigenvalue weighted by molar-refractivity contribution is -0.156. The summed E-state index contributed by atoms with van der Waals surface area (Å²) in [5, 5.41) is 2.75. The molecule has 0 unspecified atom stereocenters. The molecule has 1 saturated carbocycles. The van der Waals surface area contributed by atoms with Crippen LogP contribution in [0.3, 0.4) is 0 Å². The molecular weight excluding hydrogens is 342 g/mol. The molecule has 3 fully saturated rings. The molecule has 1 N–H and O–H groups in total. The van der Waals surface area contributed by atoms with Gasteiger partial charge >= 0.3 is 12.0 Å². The highest BCUT2D eigenvalue weighted by Crippen LogP contribution is 2.38. The number of likely N-dealkylation sites (tertiary alicyclic amines) is 1. The highest BCUT2D eigenvalue weighted by Gasteiger charge is 2.55. The zero-order valence-electron chi connectivity index (χ0n) is 14.8. The number of amides is 5. The lowest BCUT2D eigenvalue weighted by atomic mass is 9.73. The van der Waals surface area contributed by atoms with Gasteiger partial charge in [0.15, 0.2) is 6.61 Å². The summed E-state index contributed by atoms with van der Waals surface area (Å²) < 4.78 is 4.87. The van der Waals surface area contributed by atoms with Crippen LogP contribution in [0.25, 0.3) is 0 Å². The van der Waals surface area contributed by atoms with Crippen LogP contribution in [0.5, 0.6) is 0 Å². The number of rotatable bonds is 4. The van der Waals surface area contributed by atoms with Gasteiger partial charge in [0.1, 0.15) is 12.1 Å². The Morgan fingerprint density at radius 3 is 2.65 bits per heavy atom. The number of imide groups is 2. The van der Waals surface area contributed by atoms with E-state index in [0.29, 0.717) is 25.8 Å². The molecule has 0 aromatic heterocycles. The molecule has 5 amide bonds. The van der Waals surface area contributed by atoms with E-state index in [1.54, 1.807) is 0 Å². The summed E-state index contributed by atoms with van der Waals surface area (Å²) in [4.78, 5) is 62.2. The van der Waals surface area contributed by atoms with Crippen molar-refractivity contribution >= 4 is 29.7 Å². The number of carbonyl (C=O) groups excluding carboxylic acids is 5.